The Morgan fingerprint density at radius 2 is 2.05 bits per heavy atom. The molecule has 0 radical (unpaired) electrons. The van der Waals surface area contributed by atoms with Gasteiger partial charge in [-0.2, -0.15) is 0 Å². The van der Waals surface area contributed by atoms with E-state index in [0.717, 1.165) is 37.0 Å². The van der Waals surface area contributed by atoms with Crippen LogP contribution in [0, 0.1) is 0 Å². The predicted molar refractivity (Wildman–Crippen MR) is 87.0 cm³/mol. The molecule has 1 aliphatic rings. The Labute approximate surface area is 130 Å². The lowest BCUT2D eigenvalue weighted by Gasteiger charge is -2.44. The van der Waals surface area contributed by atoms with Crippen LogP contribution in [0.5, 0.6) is 0 Å². The van der Waals surface area contributed by atoms with Gasteiger partial charge in [0.25, 0.3) is 5.56 Å². The smallest absolute Gasteiger partial charge is 0.261 e. The van der Waals surface area contributed by atoms with Gasteiger partial charge in [0.15, 0.2) is 0 Å². The first-order chi connectivity index (χ1) is 10.1. The Hall–Kier alpha value is -1.35. The number of fused-ring (bicyclic) bond motifs is 1. The molecule has 21 heavy (non-hydrogen) atoms. The molecular formula is C17H21ClN2O. The second kappa shape index (κ2) is 5.45. The van der Waals surface area contributed by atoms with E-state index in [1.807, 2.05) is 35.8 Å². The monoisotopic (exact) mass is 304 g/mol. The lowest BCUT2D eigenvalue weighted by molar-refractivity contribution is 0.125. The number of benzene rings is 1. The third kappa shape index (κ3) is 2.18. The Bertz CT molecular complexity index is 713. The molecule has 112 valence electrons. The van der Waals surface area contributed by atoms with E-state index in [9.17, 15) is 4.79 Å². The van der Waals surface area contributed by atoms with Gasteiger partial charge in [-0.15, -0.1) is 11.6 Å². The van der Waals surface area contributed by atoms with Crippen molar-refractivity contribution in [2.45, 2.75) is 56.9 Å². The summed E-state index contributed by atoms with van der Waals surface area (Å²) in [6, 6.07) is 7.56. The van der Waals surface area contributed by atoms with Crippen molar-refractivity contribution in [2.24, 2.45) is 0 Å². The third-order valence-corrected chi connectivity index (χ3v) is 5.36. The number of halogens is 1. The standard InChI is InChI=1S/C17H21ClN2O/c1-3-13(18)15-19-14-9-6-5-8-12(14)16(21)20(15)17(4-2)10-7-11-17/h5-6,8-9,13H,3-4,7,10-11H2,1-2H3. The van der Waals surface area contributed by atoms with Crippen LogP contribution in [-0.2, 0) is 5.54 Å². The van der Waals surface area contributed by atoms with Crippen molar-refractivity contribution >= 4 is 22.5 Å². The van der Waals surface area contributed by atoms with Crippen LogP contribution in [-0.4, -0.2) is 9.55 Å². The highest BCUT2D eigenvalue weighted by Crippen LogP contribution is 2.43. The molecule has 1 aliphatic carbocycles. The van der Waals surface area contributed by atoms with E-state index in [4.69, 9.17) is 16.6 Å². The number of para-hydroxylation sites is 1. The average Bonchev–Trinajstić information content (AvgIpc) is 2.48. The van der Waals surface area contributed by atoms with Crippen molar-refractivity contribution in [3.8, 4) is 0 Å². The summed E-state index contributed by atoms with van der Waals surface area (Å²) in [5.74, 6) is 0.740. The van der Waals surface area contributed by atoms with Gasteiger partial charge in [-0.25, -0.2) is 4.98 Å². The summed E-state index contributed by atoms with van der Waals surface area (Å²) in [5.41, 5.74) is 0.737. The summed E-state index contributed by atoms with van der Waals surface area (Å²) in [5, 5.41) is 0.479. The Balaban J connectivity index is 2.34. The van der Waals surface area contributed by atoms with Gasteiger partial charge in [-0.3, -0.25) is 9.36 Å². The molecule has 0 amide bonds. The molecular weight excluding hydrogens is 284 g/mol. The maximum absolute atomic E-state index is 13.0. The zero-order valence-corrected chi connectivity index (χ0v) is 13.4. The summed E-state index contributed by atoms with van der Waals surface area (Å²) in [6.07, 6.45) is 4.98. The van der Waals surface area contributed by atoms with E-state index in [1.54, 1.807) is 0 Å². The van der Waals surface area contributed by atoms with Gasteiger partial charge < -0.3 is 0 Å². The van der Waals surface area contributed by atoms with Gasteiger partial charge in [-0.1, -0.05) is 26.0 Å². The zero-order chi connectivity index (χ0) is 15.0. The van der Waals surface area contributed by atoms with Crippen LogP contribution in [0.2, 0.25) is 0 Å². The van der Waals surface area contributed by atoms with Crippen LogP contribution in [0.15, 0.2) is 29.1 Å². The maximum atomic E-state index is 13.0. The molecule has 4 heteroatoms. The third-order valence-electron chi connectivity index (χ3n) is 4.86. The van der Waals surface area contributed by atoms with E-state index in [-0.39, 0.29) is 16.5 Å². The minimum absolute atomic E-state index is 0.0660. The summed E-state index contributed by atoms with van der Waals surface area (Å²) < 4.78 is 1.92. The zero-order valence-electron chi connectivity index (χ0n) is 12.6. The first kappa shape index (κ1) is 14.6. The van der Waals surface area contributed by atoms with Gasteiger partial charge in [0, 0.05) is 5.54 Å². The maximum Gasteiger partial charge on any atom is 0.261 e. The van der Waals surface area contributed by atoms with Crippen molar-refractivity contribution in [3.63, 3.8) is 0 Å². The topological polar surface area (TPSA) is 34.9 Å². The molecule has 1 atom stereocenters. The van der Waals surface area contributed by atoms with Crippen molar-refractivity contribution in [3.05, 3.63) is 40.4 Å². The van der Waals surface area contributed by atoms with Crippen LogP contribution in [0.3, 0.4) is 0 Å². The molecule has 0 bridgehead atoms. The van der Waals surface area contributed by atoms with E-state index < -0.39 is 0 Å². The largest absolute Gasteiger partial charge is 0.289 e. The lowest BCUT2D eigenvalue weighted by atomic mass is 9.74. The molecule has 1 fully saturated rings. The second-order valence-corrected chi connectivity index (χ2v) is 6.46. The first-order valence-corrected chi connectivity index (χ1v) is 8.23. The summed E-state index contributed by atoms with van der Waals surface area (Å²) in [7, 11) is 0. The summed E-state index contributed by atoms with van der Waals surface area (Å²) in [4.78, 5) is 17.8. The number of rotatable bonds is 4. The molecule has 1 saturated carbocycles. The minimum atomic E-state index is -0.216. The van der Waals surface area contributed by atoms with Crippen LogP contribution >= 0.6 is 11.6 Å². The van der Waals surface area contributed by atoms with Crippen LogP contribution < -0.4 is 5.56 Å². The predicted octanol–water partition coefficient (Wildman–Crippen LogP) is 4.38. The number of hydrogen-bond donors (Lipinski definition) is 0. The molecule has 1 unspecified atom stereocenters. The fourth-order valence-electron chi connectivity index (χ4n) is 3.32. The number of alkyl halides is 1. The van der Waals surface area contributed by atoms with Gasteiger partial charge in [0.1, 0.15) is 5.82 Å². The number of hydrogen-bond acceptors (Lipinski definition) is 2. The SMILES string of the molecule is CCC(Cl)c1nc2ccccc2c(=O)n1C1(CC)CCC1. The van der Waals surface area contributed by atoms with Crippen molar-refractivity contribution < 1.29 is 0 Å². The molecule has 3 rings (SSSR count). The Morgan fingerprint density at radius 1 is 1.33 bits per heavy atom. The fraction of sp³-hybridized carbons (Fsp3) is 0.529. The Morgan fingerprint density at radius 3 is 2.62 bits per heavy atom. The lowest BCUT2D eigenvalue weighted by Crippen LogP contribution is -2.48. The van der Waals surface area contributed by atoms with Gasteiger partial charge in [0.2, 0.25) is 0 Å². The van der Waals surface area contributed by atoms with Gasteiger partial charge >= 0.3 is 0 Å². The molecule has 1 aromatic carbocycles. The number of nitrogens with zero attached hydrogens (tertiary/aromatic N) is 2. The molecule has 0 spiro atoms. The molecule has 0 N–H and O–H groups in total. The molecule has 0 saturated heterocycles. The highest BCUT2D eigenvalue weighted by atomic mass is 35.5. The van der Waals surface area contributed by atoms with Gasteiger partial charge in [0.05, 0.1) is 16.3 Å². The molecule has 3 nitrogen and oxygen atoms in total. The van der Waals surface area contributed by atoms with E-state index in [2.05, 4.69) is 6.92 Å². The van der Waals surface area contributed by atoms with E-state index in [0.29, 0.717) is 5.39 Å². The highest BCUT2D eigenvalue weighted by molar-refractivity contribution is 6.20. The van der Waals surface area contributed by atoms with Crippen LogP contribution in [0.1, 0.15) is 57.2 Å². The highest BCUT2D eigenvalue weighted by Gasteiger charge is 2.40. The van der Waals surface area contributed by atoms with Crippen LogP contribution in [0.25, 0.3) is 10.9 Å². The second-order valence-electron chi connectivity index (χ2n) is 5.93. The van der Waals surface area contributed by atoms with Crippen molar-refractivity contribution in [2.75, 3.05) is 0 Å². The van der Waals surface area contributed by atoms with E-state index in [1.165, 1.54) is 6.42 Å². The Kier molecular flexibility index (Phi) is 3.78. The summed E-state index contributed by atoms with van der Waals surface area (Å²) in [6.45, 7) is 4.18. The number of aromatic nitrogens is 2. The van der Waals surface area contributed by atoms with E-state index >= 15 is 0 Å². The molecule has 1 heterocycles. The fourth-order valence-corrected chi connectivity index (χ4v) is 3.47. The van der Waals surface area contributed by atoms with Crippen LogP contribution in [0.4, 0.5) is 0 Å². The molecule has 1 aromatic heterocycles. The quantitative estimate of drug-likeness (QED) is 0.786. The average molecular weight is 305 g/mol. The van der Waals surface area contributed by atoms with Crippen molar-refractivity contribution in [1.82, 2.24) is 9.55 Å². The first-order valence-electron chi connectivity index (χ1n) is 7.79. The summed E-state index contributed by atoms with van der Waals surface area (Å²) >= 11 is 6.49. The van der Waals surface area contributed by atoms with Gasteiger partial charge in [-0.05, 0) is 44.2 Å². The minimum Gasteiger partial charge on any atom is -0.289 e. The normalized spacial score (nSPS) is 18.4. The van der Waals surface area contributed by atoms with Crippen molar-refractivity contribution in [1.29, 1.82) is 0 Å². The molecule has 2 aromatic rings. The molecule has 0 aliphatic heterocycles.